The zero-order valence-corrected chi connectivity index (χ0v) is 18.1. The number of hydrogen-bond donors (Lipinski definition) is 2. The first kappa shape index (κ1) is 20.8. The fourth-order valence-corrected chi connectivity index (χ4v) is 3.95. The van der Waals surface area contributed by atoms with Crippen LogP contribution in [0.1, 0.15) is 17.0 Å². The van der Waals surface area contributed by atoms with Crippen molar-refractivity contribution in [1.29, 1.82) is 0 Å². The number of pyridine rings is 1. The van der Waals surface area contributed by atoms with Crippen LogP contribution in [0.5, 0.6) is 5.75 Å². The van der Waals surface area contributed by atoms with E-state index >= 15 is 0 Å². The van der Waals surface area contributed by atoms with Crippen molar-refractivity contribution < 1.29 is 9.53 Å². The molecule has 0 aliphatic heterocycles. The van der Waals surface area contributed by atoms with E-state index in [0.29, 0.717) is 23.0 Å². The van der Waals surface area contributed by atoms with Gasteiger partial charge in [0, 0.05) is 54.0 Å². The molecule has 0 fully saturated rings. The predicted octanol–water partition coefficient (Wildman–Crippen LogP) is 5.19. The quantitative estimate of drug-likeness (QED) is 0.439. The molecule has 2 aromatic carbocycles. The number of aromatic nitrogens is 2. The molecule has 0 saturated carbocycles. The van der Waals surface area contributed by atoms with Gasteiger partial charge in [-0.3, -0.25) is 4.98 Å². The highest BCUT2D eigenvalue weighted by atomic mass is 35.5. The lowest BCUT2D eigenvalue weighted by molar-refractivity contribution is 0.251. The zero-order valence-electron chi connectivity index (χ0n) is 17.3. The highest BCUT2D eigenvalue weighted by Crippen LogP contribution is 2.32. The fraction of sp³-hybridized carbons (Fsp3) is 0.167. The minimum absolute atomic E-state index is 0.0631. The summed E-state index contributed by atoms with van der Waals surface area (Å²) in [7, 11) is 3.57. The maximum absolute atomic E-state index is 12.7. The van der Waals surface area contributed by atoms with Crippen LogP contribution in [0.2, 0.25) is 5.02 Å². The zero-order chi connectivity index (χ0) is 21.8. The van der Waals surface area contributed by atoms with Crippen molar-refractivity contribution in [2.75, 3.05) is 19.0 Å². The number of carbonyl (C=O) groups is 1. The van der Waals surface area contributed by atoms with Crippen molar-refractivity contribution in [3.63, 3.8) is 0 Å². The molecule has 4 aromatic rings. The first-order valence-electron chi connectivity index (χ1n) is 9.89. The van der Waals surface area contributed by atoms with Crippen molar-refractivity contribution in [2.24, 2.45) is 7.05 Å². The van der Waals surface area contributed by atoms with Crippen LogP contribution in [-0.2, 0) is 7.05 Å². The Hall–Kier alpha value is -3.51. The van der Waals surface area contributed by atoms with Crippen molar-refractivity contribution >= 4 is 34.2 Å². The van der Waals surface area contributed by atoms with Gasteiger partial charge in [0.2, 0.25) is 0 Å². The lowest BCUT2D eigenvalue weighted by Crippen LogP contribution is -2.32. The molecule has 0 aliphatic carbocycles. The summed E-state index contributed by atoms with van der Waals surface area (Å²) in [6, 6.07) is 16.9. The van der Waals surface area contributed by atoms with Crippen LogP contribution in [-0.4, -0.2) is 29.2 Å². The summed E-state index contributed by atoms with van der Waals surface area (Å²) in [5, 5.41) is 7.47. The second-order valence-electron chi connectivity index (χ2n) is 7.23. The normalized spacial score (nSPS) is 11.8. The van der Waals surface area contributed by atoms with Crippen LogP contribution < -0.4 is 15.4 Å². The molecule has 0 bridgehead atoms. The van der Waals surface area contributed by atoms with Gasteiger partial charge in [-0.05, 0) is 41.5 Å². The number of anilines is 1. The molecule has 2 N–H and O–H groups in total. The molecule has 4 rings (SSSR count). The molecule has 0 aliphatic rings. The van der Waals surface area contributed by atoms with E-state index in [4.69, 9.17) is 16.3 Å². The van der Waals surface area contributed by atoms with Crippen molar-refractivity contribution in [1.82, 2.24) is 14.9 Å². The standard InChI is InChI=1S/C24H23ClN4O2/c1-29-15-20(18-7-3-4-8-22(18)29)19(16-6-5-11-26-13-16)14-27-24(30)28-21-12-17(25)9-10-23(21)31-2/h3-13,15,19H,14H2,1-2H3,(H2,27,28,30). The second kappa shape index (κ2) is 9.10. The smallest absolute Gasteiger partial charge is 0.319 e. The maximum Gasteiger partial charge on any atom is 0.319 e. The Balaban J connectivity index is 1.59. The molecule has 0 saturated heterocycles. The van der Waals surface area contributed by atoms with Gasteiger partial charge in [0.25, 0.3) is 0 Å². The SMILES string of the molecule is COc1ccc(Cl)cc1NC(=O)NCC(c1cccnc1)c1cn(C)c2ccccc12. The number of amides is 2. The second-order valence-corrected chi connectivity index (χ2v) is 7.67. The Morgan fingerprint density at radius 3 is 2.81 bits per heavy atom. The van der Waals surface area contributed by atoms with E-state index in [1.807, 2.05) is 37.5 Å². The lowest BCUT2D eigenvalue weighted by atomic mass is 9.92. The molecule has 7 heteroatoms. The van der Waals surface area contributed by atoms with Crippen LogP contribution >= 0.6 is 11.6 Å². The van der Waals surface area contributed by atoms with E-state index in [2.05, 4.69) is 38.5 Å². The number of rotatable bonds is 6. The number of methoxy groups -OCH3 is 1. The van der Waals surface area contributed by atoms with E-state index in [0.717, 1.165) is 22.0 Å². The summed E-state index contributed by atoms with van der Waals surface area (Å²) in [6.07, 6.45) is 5.70. The monoisotopic (exact) mass is 434 g/mol. The molecule has 2 aromatic heterocycles. The van der Waals surface area contributed by atoms with E-state index in [-0.39, 0.29) is 11.9 Å². The van der Waals surface area contributed by atoms with Crippen molar-refractivity contribution in [3.05, 3.63) is 89.3 Å². The molecule has 2 heterocycles. The van der Waals surface area contributed by atoms with Crippen LogP contribution in [0, 0.1) is 0 Å². The third kappa shape index (κ3) is 4.49. The molecule has 31 heavy (non-hydrogen) atoms. The number of halogens is 1. The van der Waals surface area contributed by atoms with Gasteiger partial charge in [0.1, 0.15) is 5.75 Å². The van der Waals surface area contributed by atoms with Crippen molar-refractivity contribution in [2.45, 2.75) is 5.92 Å². The average molecular weight is 435 g/mol. The Bertz CT molecular complexity index is 1210. The summed E-state index contributed by atoms with van der Waals surface area (Å²) in [6.45, 7) is 0.397. The minimum atomic E-state index is -0.338. The van der Waals surface area contributed by atoms with E-state index in [1.54, 1.807) is 31.5 Å². The number of fused-ring (bicyclic) bond motifs is 1. The summed E-state index contributed by atoms with van der Waals surface area (Å²) in [4.78, 5) is 17.0. The topological polar surface area (TPSA) is 68.2 Å². The summed E-state index contributed by atoms with van der Waals surface area (Å²) in [5.74, 6) is 0.476. The number of hydrogen-bond acceptors (Lipinski definition) is 3. The van der Waals surface area contributed by atoms with Crippen LogP contribution in [0.3, 0.4) is 0 Å². The third-order valence-corrected chi connectivity index (χ3v) is 5.50. The lowest BCUT2D eigenvalue weighted by Gasteiger charge is -2.18. The number of para-hydroxylation sites is 1. The fourth-order valence-electron chi connectivity index (χ4n) is 3.78. The molecule has 0 spiro atoms. The van der Waals surface area contributed by atoms with Crippen LogP contribution in [0.4, 0.5) is 10.5 Å². The van der Waals surface area contributed by atoms with Crippen molar-refractivity contribution in [3.8, 4) is 5.75 Å². The van der Waals surface area contributed by atoms with E-state index in [9.17, 15) is 4.79 Å². The van der Waals surface area contributed by atoms with Crippen LogP contribution in [0.25, 0.3) is 10.9 Å². The van der Waals surface area contributed by atoms with E-state index in [1.165, 1.54) is 0 Å². The number of urea groups is 1. The van der Waals surface area contributed by atoms with Gasteiger partial charge in [-0.25, -0.2) is 4.79 Å². The first-order chi connectivity index (χ1) is 15.1. The number of nitrogens with one attached hydrogen (secondary N) is 2. The number of nitrogens with zero attached hydrogens (tertiary/aromatic N) is 2. The number of aryl methyl sites for hydroxylation is 1. The number of benzene rings is 2. The van der Waals surface area contributed by atoms with Gasteiger partial charge in [0.05, 0.1) is 12.8 Å². The van der Waals surface area contributed by atoms with E-state index < -0.39 is 0 Å². The van der Waals surface area contributed by atoms with Gasteiger partial charge in [-0.1, -0.05) is 35.9 Å². The summed E-state index contributed by atoms with van der Waals surface area (Å²) in [5.41, 5.74) is 3.81. The summed E-state index contributed by atoms with van der Waals surface area (Å²) < 4.78 is 7.41. The molecule has 2 amide bonds. The highest BCUT2D eigenvalue weighted by molar-refractivity contribution is 6.31. The molecule has 158 valence electrons. The Morgan fingerprint density at radius 2 is 2.03 bits per heavy atom. The Kier molecular flexibility index (Phi) is 6.09. The van der Waals surface area contributed by atoms with Gasteiger partial charge < -0.3 is 19.9 Å². The molecule has 1 unspecified atom stereocenters. The Morgan fingerprint density at radius 1 is 1.19 bits per heavy atom. The minimum Gasteiger partial charge on any atom is -0.495 e. The Labute approximate surface area is 185 Å². The molecular formula is C24H23ClN4O2. The largest absolute Gasteiger partial charge is 0.495 e. The van der Waals surface area contributed by atoms with Gasteiger partial charge >= 0.3 is 6.03 Å². The highest BCUT2D eigenvalue weighted by Gasteiger charge is 2.20. The third-order valence-electron chi connectivity index (χ3n) is 5.27. The summed E-state index contributed by atoms with van der Waals surface area (Å²) >= 11 is 6.07. The molecule has 6 nitrogen and oxygen atoms in total. The number of carbonyl (C=O) groups excluding carboxylic acids is 1. The van der Waals surface area contributed by atoms with Gasteiger partial charge in [-0.15, -0.1) is 0 Å². The molecule has 1 atom stereocenters. The first-order valence-corrected chi connectivity index (χ1v) is 10.3. The maximum atomic E-state index is 12.7. The van der Waals surface area contributed by atoms with Crippen LogP contribution in [0.15, 0.2) is 73.2 Å². The number of ether oxygens (including phenoxy) is 1. The molecule has 0 radical (unpaired) electrons. The van der Waals surface area contributed by atoms with Gasteiger partial charge in [-0.2, -0.15) is 0 Å². The predicted molar refractivity (Wildman–Crippen MR) is 124 cm³/mol. The van der Waals surface area contributed by atoms with Gasteiger partial charge in [0.15, 0.2) is 0 Å². The molecular weight excluding hydrogens is 412 g/mol. The average Bonchev–Trinajstić information content (AvgIpc) is 3.11.